The van der Waals surface area contributed by atoms with Gasteiger partial charge in [0.2, 0.25) is 0 Å². The highest BCUT2D eigenvalue weighted by molar-refractivity contribution is 4.95. The quantitative estimate of drug-likeness (QED) is 0.710. The molecule has 1 rings (SSSR count). The highest BCUT2D eigenvalue weighted by atomic mass is 15.2. The first kappa shape index (κ1) is 12.0. The zero-order chi connectivity index (χ0) is 10.4. The summed E-state index contributed by atoms with van der Waals surface area (Å²) in [5.41, 5.74) is 6.34. The summed E-state index contributed by atoms with van der Waals surface area (Å²) in [6.45, 7) is 7.79. The van der Waals surface area contributed by atoms with E-state index < -0.39 is 0 Å². The number of nitrogens with two attached hydrogens (primary N) is 1. The smallest absolute Gasteiger partial charge is 0.0331 e. The predicted octanol–water partition coefficient (Wildman–Crippen LogP) is 2.38. The average Bonchev–Trinajstić information content (AvgIpc) is 2.69. The van der Waals surface area contributed by atoms with E-state index in [0.717, 1.165) is 13.1 Å². The maximum atomic E-state index is 5.98. The summed E-state index contributed by atoms with van der Waals surface area (Å²) in [6.07, 6.45) is 7.99. The van der Waals surface area contributed by atoms with Crippen molar-refractivity contribution in [3.63, 3.8) is 0 Å². The summed E-state index contributed by atoms with van der Waals surface area (Å²) < 4.78 is 0. The van der Waals surface area contributed by atoms with Gasteiger partial charge in [-0.2, -0.15) is 0 Å². The molecule has 0 atom stereocenters. The standard InChI is InChI=1S/C12H26N2/c1-3-5-10-14(4-2)12(11-13)8-6-7-9-12/h3-11,13H2,1-2H3. The van der Waals surface area contributed by atoms with Crippen LogP contribution in [0.5, 0.6) is 0 Å². The SMILES string of the molecule is CCCCN(CC)C1(CN)CCCC1. The Labute approximate surface area is 88.8 Å². The monoisotopic (exact) mass is 198 g/mol. The summed E-state index contributed by atoms with van der Waals surface area (Å²) in [5, 5.41) is 0. The molecule has 2 N–H and O–H groups in total. The van der Waals surface area contributed by atoms with Crippen LogP contribution >= 0.6 is 0 Å². The number of hydrogen-bond donors (Lipinski definition) is 1. The maximum absolute atomic E-state index is 5.98. The third kappa shape index (κ3) is 2.48. The molecule has 0 aromatic heterocycles. The third-order valence-electron chi connectivity index (χ3n) is 3.75. The van der Waals surface area contributed by atoms with Gasteiger partial charge in [-0.25, -0.2) is 0 Å². The van der Waals surface area contributed by atoms with Crippen LogP contribution in [0.2, 0.25) is 0 Å². The molecule has 14 heavy (non-hydrogen) atoms. The van der Waals surface area contributed by atoms with Crippen LogP contribution in [0.1, 0.15) is 52.4 Å². The largest absolute Gasteiger partial charge is 0.329 e. The first-order valence-corrected chi connectivity index (χ1v) is 6.24. The molecule has 0 aliphatic heterocycles. The lowest BCUT2D eigenvalue weighted by molar-refractivity contribution is 0.104. The summed E-state index contributed by atoms with van der Waals surface area (Å²) >= 11 is 0. The summed E-state index contributed by atoms with van der Waals surface area (Å²) in [4.78, 5) is 2.63. The molecule has 0 aromatic rings. The molecule has 0 heterocycles. The Bertz CT molecular complexity index is 150. The molecule has 1 aliphatic carbocycles. The first-order chi connectivity index (χ1) is 6.79. The summed E-state index contributed by atoms with van der Waals surface area (Å²) in [7, 11) is 0. The van der Waals surface area contributed by atoms with Crippen molar-refractivity contribution in [2.45, 2.75) is 57.9 Å². The molecule has 0 saturated heterocycles. The number of unbranched alkanes of at least 4 members (excludes halogenated alkanes) is 1. The molecular formula is C12H26N2. The van der Waals surface area contributed by atoms with Crippen LogP contribution in [0.15, 0.2) is 0 Å². The van der Waals surface area contributed by atoms with Gasteiger partial charge in [-0.1, -0.05) is 33.1 Å². The van der Waals surface area contributed by atoms with Crippen molar-refractivity contribution >= 4 is 0 Å². The van der Waals surface area contributed by atoms with Crippen molar-refractivity contribution in [2.75, 3.05) is 19.6 Å². The molecule has 0 amide bonds. The molecule has 0 unspecified atom stereocenters. The van der Waals surface area contributed by atoms with Gasteiger partial charge in [0.25, 0.3) is 0 Å². The van der Waals surface area contributed by atoms with E-state index in [1.807, 2.05) is 0 Å². The number of hydrogen-bond acceptors (Lipinski definition) is 2. The normalized spacial score (nSPS) is 20.6. The molecule has 0 radical (unpaired) electrons. The van der Waals surface area contributed by atoms with Crippen molar-refractivity contribution in [1.82, 2.24) is 4.90 Å². The fraction of sp³-hybridized carbons (Fsp3) is 1.00. The Kier molecular flexibility index (Phi) is 4.90. The van der Waals surface area contributed by atoms with E-state index >= 15 is 0 Å². The fourth-order valence-electron chi connectivity index (χ4n) is 2.76. The third-order valence-corrected chi connectivity index (χ3v) is 3.75. The van der Waals surface area contributed by atoms with Crippen LogP contribution in [0, 0.1) is 0 Å². The van der Waals surface area contributed by atoms with E-state index in [-0.39, 0.29) is 0 Å². The van der Waals surface area contributed by atoms with Crippen LogP contribution in [0.3, 0.4) is 0 Å². The van der Waals surface area contributed by atoms with Gasteiger partial charge < -0.3 is 5.73 Å². The van der Waals surface area contributed by atoms with Gasteiger partial charge >= 0.3 is 0 Å². The van der Waals surface area contributed by atoms with Gasteiger partial charge in [0.05, 0.1) is 0 Å². The van der Waals surface area contributed by atoms with Gasteiger partial charge in [0.1, 0.15) is 0 Å². The van der Waals surface area contributed by atoms with Crippen LogP contribution in [0.4, 0.5) is 0 Å². The Morgan fingerprint density at radius 2 is 1.86 bits per heavy atom. The van der Waals surface area contributed by atoms with E-state index in [2.05, 4.69) is 18.7 Å². The minimum Gasteiger partial charge on any atom is -0.329 e. The Morgan fingerprint density at radius 3 is 2.29 bits per heavy atom. The molecule has 2 nitrogen and oxygen atoms in total. The molecular weight excluding hydrogens is 172 g/mol. The van der Waals surface area contributed by atoms with Crippen LogP contribution in [-0.4, -0.2) is 30.1 Å². The van der Waals surface area contributed by atoms with Gasteiger partial charge in [-0.3, -0.25) is 4.90 Å². The lowest BCUT2D eigenvalue weighted by Crippen LogP contribution is -2.52. The summed E-state index contributed by atoms with van der Waals surface area (Å²) in [6, 6.07) is 0. The van der Waals surface area contributed by atoms with Crippen molar-refractivity contribution < 1.29 is 0 Å². The fourth-order valence-corrected chi connectivity index (χ4v) is 2.76. The second-order valence-electron chi connectivity index (χ2n) is 4.57. The van der Waals surface area contributed by atoms with Crippen LogP contribution in [-0.2, 0) is 0 Å². The van der Waals surface area contributed by atoms with Crippen molar-refractivity contribution in [3.05, 3.63) is 0 Å². The van der Waals surface area contributed by atoms with Crippen LogP contribution < -0.4 is 5.73 Å². The molecule has 2 heteroatoms. The first-order valence-electron chi connectivity index (χ1n) is 6.24. The number of nitrogens with zero attached hydrogens (tertiary/aromatic N) is 1. The van der Waals surface area contributed by atoms with Crippen molar-refractivity contribution in [3.8, 4) is 0 Å². The number of rotatable bonds is 6. The van der Waals surface area contributed by atoms with Crippen molar-refractivity contribution in [1.29, 1.82) is 0 Å². The van der Waals surface area contributed by atoms with Gasteiger partial charge in [-0.15, -0.1) is 0 Å². The summed E-state index contributed by atoms with van der Waals surface area (Å²) in [5.74, 6) is 0. The van der Waals surface area contributed by atoms with Crippen LogP contribution in [0.25, 0.3) is 0 Å². The highest BCUT2D eigenvalue weighted by Crippen LogP contribution is 2.34. The van der Waals surface area contributed by atoms with E-state index in [9.17, 15) is 0 Å². The van der Waals surface area contributed by atoms with E-state index in [0.29, 0.717) is 5.54 Å². The topological polar surface area (TPSA) is 29.3 Å². The molecule has 1 saturated carbocycles. The Morgan fingerprint density at radius 1 is 1.21 bits per heavy atom. The van der Waals surface area contributed by atoms with E-state index in [1.165, 1.54) is 45.1 Å². The lowest BCUT2D eigenvalue weighted by Gasteiger charge is -2.40. The van der Waals surface area contributed by atoms with E-state index in [4.69, 9.17) is 5.73 Å². The zero-order valence-electron chi connectivity index (χ0n) is 9.89. The molecule has 84 valence electrons. The minimum atomic E-state index is 0.365. The van der Waals surface area contributed by atoms with E-state index in [1.54, 1.807) is 0 Å². The second-order valence-corrected chi connectivity index (χ2v) is 4.57. The lowest BCUT2D eigenvalue weighted by atomic mass is 9.94. The zero-order valence-corrected chi connectivity index (χ0v) is 9.89. The Hall–Kier alpha value is -0.0800. The maximum Gasteiger partial charge on any atom is 0.0331 e. The van der Waals surface area contributed by atoms with Gasteiger partial charge in [0.15, 0.2) is 0 Å². The Balaban J connectivity index is 2.54. The molecule has 0 spiro atoms. The number of likely N-dealkylation sites (N-methyl/N-ethyl adjacent to an activating group) is 1. The average molecular weight is 198 g/mol. The van der Waals surface area contributed by atoms with Gasteiger partial charge in [-0.05, 0) is 32.4 Å². The highest BCUT2D eigenvalue weighted by Gasteiger charge is 2.36. The minimum absolute atomic E-state index is 0.365. The molecule has 1 aliphatic rings. The second kappa shape index (κ2) is 5.72. The predicted molar refractivity (Wildman–Crippen MR) is 62.4 cm³/mol. The molecule has 1 fully saturated rings. The van der Waals surface area contributed by atoms with Gasteiger partial charge in [0, 0.05) is 12.1 Å². The van der Waals surface area contributed by atoms with Crippen molar-refractivity contribution in [2.24, 2.45) is 5.73 Å². The molecule has 0 aromatic carbocycles. The molecule has 0 bridgehead atoms.